The molecule has 0 spiro atoms. The number of benzene rings is 1. The summed E-state index contributed by atoms with van der Waals surface area (Å²) >= 11 is 6.01. The summed E-state index contributed by atoms with van der Waals surface area (Å²) in [7, 11) is 1.40. The van der Waals surface area contributed by atoms with E-state index < -0.39 is 17.0 Å². The summed E-state index contributed by atoms with van der Waals surface area (Å²) in [6.45, 7) is 2.99. The smallest absolute Gasteiger partial charge is 0.333 e. The van der Waals surface area contributed by atoms with Gasteiger partial charge in [0.15, 0.2) is 5.78 Å². The number of hydrogen-bond acceptors (Lipinski definition) is 4. The van der Waals surface area contributed by atoms with E-state index in [1.807, 2.05) is 0 Å². The second kappa shape index (κ2) is 5.57. The van der Waals surface area contributed by atoms with E-state index in [0.717, 1.165) is 10.8 Å². The molecule has 0 atom stereocenters. The molecule has 0 amide bonds. The maximum atomic E-state index is 12.3. The van der Waals surface area contributed by atoms with Crippen molar-refractivity contribution in [3.05, 3.63) is 55.3 Å². The summed E-state index contributed by atoms with van der Waals surface area (Å²) in [5.74, 6) is -0.173. The summed E-state index contributed by atoms with van der Waals surface area (Å²) in [5.41, 5.74) is -0.568. The minimum atomic E-state index is -0.703. The zero-order valence-corrected chi connectivity index (χ0v) is 12.4. The normalized spacial score (nSPS) is 10.5. The molecule has 6 nitrogen and oxygen atoms in total. The molecule has 110 valence electrons. The average Bonchev–Trinajstić information content (AvgIpc) is 2.42. The molecule has 0 aliphatic carbocycles. The highest BCUT2D eigenvalue weighted by Crippen LogP contribution is 2.28. The molecule has 0 unspecified atom stereocenters. The van der Waals surface area contributed by atoms with Gasteiger partial charge in [-0.25, -0.2) is 9.36 Å². The number of ether oxygens (including phenoxy) is 1. The van der Waals surface area contributed by atoms with Gasteiger partial charge in [0.05, 0.1) is 18.4 Å². The van der Waals surface area contributed by atoms with E-state index in [1.54, 1.807) is 13.0 Å². The van der Waals surface area contributed by atoms with Crippen LogP contribution in [-0.4, -0.2) is 22.4 Å². The van der Waals surface area contributed by atoms with Crippen molar-refractivity contribution >= 4 is 17.4 Å². The molecule has 0 bridgehead atoms. The van der Waals surface area contributed by atoms with Gasteiger partial charge in [0.2, 0.25) is 0 Å². The number of ketones is 1. The molecule has 1 aromatic carbocycles. The number of carbonyl (C=O) groups excluding carboxylic acids is 1. The zero-order chi connectivity index (χ0) is 15.7. The standard InChI is InChI=1S/C14H13ClN2O4/c1-7-4-11(12(21-3)5-10(7)15)17-13(19)9(8(2)18)6-16-14(17)20/h4-6H,1-3H3,(H,16,20). The Morgan fingerprint density at radius 2 is 2.00 bits per heavy atom. The molecule has 0 aliphatic rings. The molecule has 2 rings (SSSR count). The van der Waals surface area contributed by atoms with E-state index in [0.29, 0.717) is 10.6 Å². The molecular weight excluding hydrogens is 296 g/mol. The van der Waals surface area contributed by atoms with Gasteiger partial charge in [-0.3, -0.25) is 9.59 Å². The number of hydrogen-bond donors (Lipinski definition) is 1. The highest BCUT2D eigenvalue weighted by Gasteiger charge is 2.16. The quantitative estimate of drug-likeness (QED) is 0.875. The van der Waals surface area contributed by atoms with Crippen molar-refractivity contribution in [3.8, 4) is 11.4 Å². The Morgan fingerprint density at radius 3 is 2.57 bits per heavy atom. The van der Waals surface area contributed by atoms with Crippen LogP contribution in [0.1, 0.15) is 22.8 Å². The van der Waals surface area contributed by atoms with Crippen LogP contribution in [-0.2, 0) is 0 Å². The SMILES string of the molecule is COc1cc(Cl)c(C)cc1-n1c(=O)[nH]cc(C(C)=O)c1=O. The van der Waals surface area contributed by atoms with Gasteiger partial charge in [-0.2, -0.15) is 0 Å². The molecular formula is C14H13ClN2O4. The minimum absolute atomic E-state index is 0.107. The maximum absolute atomic E-state index is 12.3. The van der Waals surface area contributed by atoms with Gasteiger partial charge in [-0.15, -0.1) is 0 Å². The summed E-state index contributed by atoms with van der Waals surface area (Å²) in [4.78, 5) is 38.1. The lowest BCUT2D eigenvalue weighted by Crippen LogP contribution is -2.36. The third kappa shape index (κ3) is 2.62. The van der Waals surface area contributed by atoms with E-state index in [-0.39, 0.29) is 17.0 Å². The first-order valence-corrected chi connectivity index (χ1v) is 6.44. The van der Waals surface area contributed by atoms with Crippen LogP contribution in [0.4, 0.5) is 0 Å². The number of halogens is 1. The third-order valence-corrected chi connectivity index (χ3v) is 3.46. The largest absolute Gasteiger partial charge is 0.494 e. The molecule has 0 saturated heterocycles. The van der Waals surface area contributed by atoms with Gasteiger partial charge >= 0.3 is 5.69 Å². The molecule has 7 heteroatoms. The first kappa shape index (κ1) is 15.1. The lowest BCUT2D eigenvalue weighted by molar-refractivity contribution is 0.101. The molecule has 1 heterocycles. The second-order valence-electron chi connectivity index (χ2n) is 4.48. The molecule has 0 aliphatic heterocycles. The second-order valence-corrected chi connectivity index (χ2v) is 4.88. The van der Waals surface area contributed by atoms with Gasteiger partial charge in [0, 0.05) is 17.3 Å². The maximum Gasteiger partial charge on any atom is 0.333 e. The van der Waals surface area contributed by atoms with Crippen molar-refractivity contribution in [1.82, 2.24) is 9.55 Å². The van der Waals surface area contributed by atoms with Crippen molar-refractivity contribution in [1.29, 1.82) is 0 Å². The van der Waals surface area contributed by atoms with Crippen molar-refractivity contribution in [2.75, 3.05) is 7.11 Å². The average molecular weight is 309 g/mol. The molecule has 1 aromatic heterocycles. The summed E-state index contributed by atoms with van der Waals surface area (Å²) in [5, 5.41) is 0.447. The molecule has 2 aromatic rings. The lowest BCUT2D eigenvalue weighted by Gasteiger charge is -2.12. The predicted octanol–water partition coefficient (Wildman–Crippen LogP) is 1.70. The number of aryl methyl sites for hydroxylation is 1. The monoisotopic (exact) mass is 308 g/mol. The number of carbonyl (C=O) groups is 1. The van der Waals surface area contributed by atoms with E-state index in [9.17, 15) is 14.4 Å². The topological polar surface area (TPSA) is 81.2 Å². The van der Waals surface area contributed by atoms with Crippen LogP contribution >= 0.6 is 11.6 Å². The number of nitrogens with zero attached hydrogens (tertiary/aromatic N) is 1. The van der Waals surface area contributed by atoms with Crippen molar-refractivity contribution in [2.45, 2.75) is 13.8 Å². The van der Waals surface area contributed by atoms with Gasteiger partial charge < -0.3 is 9.72 Å². The number of methoxy groups -OCH3 is 1. The fourth-order valence-electron chi connectivity index (χ4n) is 1.93. The highest BCUT2D eigenvalue weighted by molar-refractivity contribution is 6.31. The van der Waals surface area contributed by atoms with E-state index in [4.69, 9.17) is 16.3 Å². The first-order valence-electron chi connectivity index (χ1n) is 6.07. The molecule has 0 fully saturated rings. The lowest BCUT2D eigenvalue weighted by atomic mass is 10.2. The Kier molecular flexibility index (Phi) is 3.99. The minimum Gasteiger partial charge on any atom is -0.494 e. The van der Waals surface area contributed by atoms with Crippen LogP contribution in [0.15, 0.2) is 27.9 Å². The number of aromatic nitrogens is 2. The van der Waals surface area contributed by atoms with Crippen LogP contribution in [0.2, 0.25) is 5.02 Å². The number of nitrogens with one attached hydrogen (secondary N) is 1. The number of H-pyrrole nitrogens is 1. The van der Waals surface area contributed by atoms with Crippen molar-refractivity contribution in [3.63, 3.8) is 0 Å². The Bertz CT molecular complexity index is 836. The highest BCUT2D eigenvalue weighted by atomic mass is 35.5. The van der Waals surface area contributed by atoms with Gasteiger partial charge in [-0.1, -0.05) is 11.6 Å². The van der Waals surface area contributed by atoms with Crippen molar-refractivity contribution < 1.29 is 9.53 Å². The fraction of sp³-hybridized carbons (Fsp3) is 0.214. The summed E-state index contributed by atoms with van der Waals surface area (Å²) < 4.78 is 6.02. The van der Waals surface area contributed by atoms with Crippen LogP contribution in [0, 0.1) is 6.92 Å². The van der Waals surface area contributed by atoms with E-state index >= 15 is 0 Å². The molecule has 21 heavy (non-hydrogen) atoms. The van der Waals surface area contributed by atoms with Crippen LogP contribution < -0.4 is 16.0 Å². The molecule has 0 saturated carbocycles. The number of Topliss-reactive ketones (excluding diaryl/α,β-unsaturated/α-hetero) is 1. The van der Waals surface area contributed by atoms with Crippen molar-refractivity contribution in [2.24, 2.45) is 0 Å². The van der Waals surface area contributed by atoms with Gasteiger partial charge in [0.1, 0.15) is 5.75 Å². The molecule has 0 radical (unpaired) electrons. The Balaban J connectivity index is 2.88. The Labute approximate surface area is 124 Å². The third-order valence-electron chi connectivity index (χ3n) is 3.06. The fourth-order valence-corrected chi connectivity index (χ4v) is 2.08. The predicted molar refractivity (Wildman–Crippen MR) is 79.0 cm³/mol. The first-order chi connectivity index (χ1) is 9.86. The summed E-state index contributed by atoms with van der Waals surface area (Å²) in [6, 6.07) is 3.07. The Hall–Kier alpha value is -2.34. The van der Waals surface area contributed by atoms with Crippen LogP contribution in [0.25, 0.3) is 5.69 Å². The Morgan fingerprint density at radius 1 is 1.33 bits per heavy atom. The molecule has 1 N–H and O–H groups in total. The van der Waals surface area contributed by atoms with Crippen LogP contribution in [0.5, 0.6) is 5.75 Å². The van der Waals surface area contributed by atoms with Gasteiger partial charge in [0.25, 0.3) is 5.56 Å². The van der Waals surface area contributed by atoms with E-state index in [1.165, 1.54) is 20.1 Å². The van der Waals surface area contributed by atoms with Gasteiger partial charge in [-0.05, 0) is 25.5 Å². The number of aromatic amines is 1. The number of rotatable bonds is 3. The zero-order valence-electron chi connectivity index (χ0n) is 11.7. The summed E-state index contributed by atoms with van der Waals surface area (Å²) in [6.07, 6.45) is 1.11. The van der Waals surface area contributed by atoms with E-state index in [2.05, 4.69) is 4.98 Å². The van der Waals surface area contributed by atoms with Crippen LogP contribution in [0.3, 0.4) is 0 Å².